The third-order valence-electron chi connectivity index (χ3n) is 5.60. The molecular weight excluding hydrogens is 397 g/mol. The summed E-state index contributed by atoms with van der Waals surface area (Å²) in [6, 6.07) is 3.58. The van der Waals surface area contributed by atoms with Gasteiger partial charge >= 0.3 is 6.18 Å². The molecule has 1 fully saturated rings. The van der Waals surface area contributed by atoms with Gasteiger partial charge in [0.1, 0.15) is 6.04 Å². The average molecular weight is 422 g/mol. The van der Waals surface area contributed by atoms with E-state index in [0.29, 0.717) is 24.8 Å². The molecule has 1 aromatic carbocycles. The summed E-state index contributed by atoms with van der Waals surface area (Å²) in [5.74, 6) is -1.88. The molecule has 1 aliphatic heterocycles. The van der Waals surface area contributed by atoms with Gasteiger partial charge in [0.25, 0.3) is 0 Å². The smallest absolute Gasteiger partial charge is 0.350 e. The number of likely N-dealkylation sites (tertiary alicyclic amines) is 1. The van der Waals surface area contributed by atoms with Crippen LogP contribution in [0.15, 0.2) is 36.4 Å². The molecule has 0 radical (unpaired) electrons. The summed E-state index contributed by atoms with van der Waals surface area (Å²) in [6.45, 7) is 3.81. The minimum absolute atomic E-state index is 0.0101. The highest BCUT2D eigenvalue weighted by Gasteiger charge is 2.51. The van der Waals surface area contributed by atoms with Crippen molar-refractivity contribution < 1.29 is 27.6 Å². The van der Waals surface area contributed by atoms with E-state index >= 15 is 0 Å². The number of benzene rings is 1. The molecule has 5 nitrogen and oxygen atoms in total. The van der Waals surface area contributed by atoms with Crippen LogP contribution in [0.5, 0.6) is 0 Å². The van der Waals surface area contributed by atoms with E-state index in [9.17, 15) is 27.6 Å². The molecule has 30 heavy (non-hydrogen) atoms. The Balaban J connectivity index is 1.72. The molecule has 1 N–H and O–H groups in total. The number of rotatable bonds is 6. The van der Waals surface area contributed by atoms with Crippen molar-refractivity contribution in [1.82, 2.24) is 10.2 Å². The quantitative estimate of drug-likeness (QED) is 0.562. The Morgan fingerprint density at radius 3 is 2.07 bits per heavy atom. The third kappa shape index (κ3) is 4.57. The van der Waals surface area contributed by atoms with Gasteiger partial charge in [-0.25, -0.2) is 0 Å². The number of hydrogen-bond acceptors (Lipinski definition) is 3. The SMILES string of the molecule is CC(C)CC(C(=O)NCc1ccc(C(F)(F)F)cc1)N1C(=O)C2CC=CCC2C1=O. The van der Waals surface area contributed by atoms with Gasteiger partial charge in [0.2, 0.25) is 17.7 Å². The van der Waals surface area contributed by atoms with E-state index in [2.05, 4.69) is 5.32 Å². The first-order chi connectivity index (χ1) is 14.1. The number of allylic oxidation sites excluding steroid dienone is 2. The molecule has 1 aromatic rings. The fraction of sp³-hybridized carbons (Fsp3) is 0.500. The molecule has 3 amide bonds. The van der Waals surface area contributed by atoms with Gasteiger partial charge in [-0.05, 0) is 42.9 Å². The molecule has 8 heteroatoms. The van der Waals surface area contributed by atoms with Crippen LogP contribution in [0.2, 0.25) is 0 Å². The number of nitrogens with zero attached hydrogens (tertiary/aromatic N) is 1. The predicted molar refractivity (Wildman–Crippen MR) is 104 cm³/mol. The number of carbonyl (C=O) groups excluding carboxylic acids is 3. The fourth-order valence-electron chi connectivity index (χ4n) is 4.03. The van der Waals surface area contributed by atoms with Crippen LogP contribution in [0.1, 0.15) is 44.2 Å². The maximum atomic E-state index is 12.9. The maximum absolute atomic E-state index is 12.9. The number of carbonyl (C=O) groups is 3. The van der Waals surface area contributed by atoms with Gasteiger partial charge < -0.3 is 5.32 Å². The molecule has 3 unspecified atom stereocenters. The predicted octanol–water partition coefficient (Wildman–Crippen LogP) is 3.69. The number of imide groups is 1. The van der Waals surface area contributed by atoms with Crippen molar-refractivity contribution in [3.05, 3.63) is 47.5 Å². The zero-order valence-corrected chi connectivity index (χ0v) is 16.9. The molecule has 3 rings (SSSR count). The molecule has 3 atom stereocenters. The Labute approximate surface area is 173 Å². The van der Waals surface area contributed by atoms with E-state index in [1.807, 2.05) is 26.0 Å². The third-order valence-corrected chi connectivity index (χ3v) is 5.60. The van der Waals surface area contributed by atoms with Crippen LogP contribution in [0.25, 0.3) is 0 Å². The largest absolute Gasteiger partial charge is 0.416 e. The lowest BCUT2D eigenvalue weighted by atomic mass is 9.85. The first kappa shape index (κ1) is 22.1. The standard InChI is InChI=1S/C22H25F3N2O3/c1-13(2)11-18(27-20(29)16-5-3-4-6-17(16)21(27)30)19(28)26-12-14-7-9-15(10-8-14)22(23,24)25/h3-4,7-10,13,16-18H,5-6,11-12H2,1-2H3,(H,26,28). The van der Waals surface area contributed by atoms with E-state index in [0.717, 1.165) is 17.0 Å². The van der Waals surface area contributed by atoms with Crippen LogP contribution in [-0.4, -0.2) is 28.7 Å². The van der Waals surface area contributed by atoms with Crippen molar-refractivity contribution >= 4 is 17.7 Å². The van der Waals surface area contributed by atoms with Crippen LogP contribution < -0.4 is 5.32 Å². The number of hydrogen-bond donors (Lipinski definition) is 1. The summed E-state index contributed by atoms with van der Waals surface area (Å²) in [6.07, 6.45) is 0.659. The Bertz CT molecular complexity index is 820. The summed E-state index contributed by atoms with van der Waals surface area (Å²) in [4.78, 5) is 39.8. The zero-order valence-electron chi connectivity index (χ0n) is 16.9. The highest BCUT2D eigenvalue weighted by molar-refractivity contribution is 6.08. The lowest BCUT2D eigenvalue weighted by Crippen LogP contribution is -2.50. The average Bonchev–Trinajstić information content (AvgIpc) is 2.94. The second kappa shape index (κ2) is 8.62. The molecule has 1 aliphatic carbocycles. The van der Waals surface area contributed by atoms with Gasteiger partial charge in [0.15, 0.2) is 0 Å². The molecule has 1 heterocycles. The highest BCUT2D eigenvalue weighted by Crippen LogP contribution is 2.37. The normalized spacial score (nSPS) is 22.4. The van der Waals surface area contributed by atoms with Crippen molar-refractivity contribution in [2.24, 2.45) is 17.8 Å². The Morgan fingerprint density at radius 2 is 1.60 bits per heavy atom. The lowest BCUT2D eigenvalue weighted by molar-refractivity contribution is -0.148. The van der Waals surface area contributed by atoms with Crippen LogP contribution in [0, 0.1) is 17.8 Å². The van der Waals surface area contributed by atoms with Gasteiger partial charge in [0.05, 0.1) is 17.4 Å². The van der Waals surface area contributed by atoms with E-state index in [1.54, 1.807) is 0 Å². The molecular formula is C22H25F3N2O3. The number of halogens is 3. The molecule has 2 aliphatic rings. The van der Waals surface area contributed by atoms with E-state index in [1.165, 1.54) is 12.1 Å². The van der Waals surface area contributed by atoms with Crippen molar-refractivity contribution in [2.75, 3.05) is 0 Å². The van der Waals surface area contributed by atoms with Crippen LogP contribution >= 0.6 is 0 Å². The van der Waals surface area contributed by atoms with E-state index < -0.39 is 35.5 Å². The molecule has 162 valence electrons. The van der Waals surface area contributed by atoms with Crippen molar-refractivity contribution in [1.29, 1.82) is 0 Å². The van der Waals surface area contributed by atoms with Crippen molar-refractivity contribution in [3.8, 4) is 0 Å². The van der Waals surface area contributed by atoms with E-state index in [-0.39, 0.29) is 24.3 Å². The second-order valence-electron chi connectivity index (χ2n) is 8.26. The summed E-state index contributed by atoms with van der Waals surface area (Å²) in [5, 5.41) is 2.68. The van der Waals surface area contributed by atoms with Gasteiger partial charge in [0, 0.05) is 6.54 Å². The molecule has 0 spiro atoms. The number of fused-ring (bicyclic) bond motifs is 1. The first-order valence-corrected chi connectivity index (χ1v) is 10.1. The summed E-state index contributed by atoms with van der Waals surface area (Å²) in [5.41, 5.74) is -0.267. The van der Waals surface area contributed by atoms with Gasteiger partial charge in [-0.15, -0.1) is 0 Å². The van der Waals surface area contributed by atoms with Gasteiger partial charge in [-0.3, -0.25) is 19.3 Å². The molecule has 0 aromatic heterocycles. The maximum Gasteiger partial charge on any atom is 0.416 e. The Kier molecular flexibility index (Phi) is 6.33. The van der Waals surface area contributed by atoms with Gasteiger partial charge in [-0.1, -0.05) is 38.1 Å². The zero-order chi connectivity index (χ0) is 22.1. The molecule has 0 saturated carbocycles. The number of nitrogens with one attached hydrogen (secondary N) is 1. The van der Waals surface area contributed by atoms with Crippen molar-refractivity contribution in [2.45, 2.75) is 51.9 Å². The Morgan fingerprint density at radius 1 is 1.07 bits per heavy atom. The van der Waals surface area contributed by atoms with Crippen LogP contribution in [0.3, 0.4) is 0 Å². The van der Waals surface area contributed by atoms with Crippen LogP contribution in [0.4, 0.5) is 13.2 Å². The molecule has 0 bridgehead atoms. The summed E-state index contributed by atoms with van der Waals surface area (Å²) in [7, 11) is 0. The monoisotopic (exact) mass is 422 g/mol. The topological polar surface area (TPSA) is 66.5 Å². The van der Waals surface area contributed by atoms with Crippen LogP contribution in [-0.2, 0) is 27.1 Å². The first-order valence-electron chi connectivity index (χ1n) is 10.1. The van der Waals surface area contributed by atoms with E-state index in [4.69, 9.17) is 0 Å². The lowest BCUT2D eigenvalue weighted by Gasteiger charge is -2.27. The number of alkyl halides is 3. The number of amides is 3. The Hall–Kier alpha value is -2.64. The minimum atomic E-state index is -4.42. The van der Waals surface area contributed by atoms with Crippen molar-refractivity contribution in [3.63, 3.8) is 0 Å². The summed E-state index contributed by atoms with van der Waals surface area (Å²) >= 11 is 0. The fourth-order valence-corrected chi connectivity index (χ4v) is 4.03. The minimum Gasteiger partial charge on any atom is -0.350 e. The second-order valence-corrected chi connectivity index (χ2v) is 8.26. The summed E-state index contributed by atoms with van der Waals surface area (Å²) < 4.78 is 38.1. The highest BCUT2D eigenvalue weighted by atomic mass is 19.4. The molecule has 1 saturated heterocycles. The van der Waals surface area contributed by atoms with Gasteiger partial charge in [-0.2, -0.15) is 13.2 Å².